The number of hydrogen-bond donors (Lipinski definition) is 0. The molecule has 0 fully saturated rings. The summed E-state index contributed by atoms with van der Waals surface area (Å²) in [6.07, 6.45) is 61.3. The monoisotopic (exact) mass is 835 g/mol. The number of rotatable bonds is 43. The molecule has 1 unspecified atom stereocenters. The van der Waals surface area contributed by atoms with Crippen LogP contribution in [0.4, 0.5) is 0 Å². The molecule has 0 aliphatic rings. The van der Waals surface area contributed by atoms with Crippen LogP contribution >= 0.6 is 0 Å². The van der Waals surface area contributed by atoms with Gasteiger partial charge in [0.15, 0.2) is 6.10 Å². The molecule has 0 spiro atoms. The average molecular weight is 835 g/mol. The van der Waals surface area contributed by atoms with Crippen LogP contribution in [0.2, 0.25) is 0 Å². The molecule has 6 nitrogen and oxygen atoms in total. The van der Waals surface area contributed by atoms with Gasteiger partial charge in [-0.1, -0.05) is 196 Å². The van der Waals surface area contributed by atoms with Gasteiger partial charge in [-0.2, -0.15) is 0 Å². The van der Waals surface area contributed by atoms with Crippen molar-refractivity contribution in [2.45, 2.75) is 226 Å². The molecule has 342 valence electrons. The van der Waals surface area contributed by atoms with E-state index in [0.29, 0.717) is 19.3 Å². The third-order valence-electron chi connectivity index (χ3n) is 10.2. The van der Waals surface area contributed by atoms with Crippen molar-refractivity contribution >= 4 is 17.9 Å². The lowest BCUT2D eigenvalue weighted by Gasteiger charge is -2.18. The first-order valence-corrected chi connectivity index (χ1v) is 24.7. The molecule has 0 amide bonds. The van der Waals surface area contributed by atoms with Gasteiger partial charge in [0, 0.05) is 19.3 Å². The minimum Gasteiger partial charge on any atom is -0.462 e. The van der Waals surface area contributed by atoms with Crippen molar-refractivity contribution < 1.29 is 28.6 Å². The summed E-state index contributed by atoms with van der Waals surface area (Å²) in [6, 6.07) is 0. The minimum absolute atomic E-state index is 0.105. The van der Waals surface area contributed by atoms with Crippen molar-refractivity contribution in [1.82, 2.24) is 0 Å². The quantitative estimate of drug-likeness (QED) is 0.0200. The number of unbranched alkanes of at least 4 members (excludes halogenated alkanes) is 22. The number of carbonyl (C=O) groups excluding carboxylic acids is 3. The lowest BCUT2D eigenvalue weighted by molar-refractivity contribution is -0.167. The van der Waals surface area contributed by atoms with E-state index in [9.17, 15) is 14.4 Å². The van der Waals surface area contributed by atoms with Gasteiger partial charge in [0.2, 0.25) is 0 Å². The number of esters is 3. The third kappa shape index (κ3) is 45.7. The molecule has 0 aliphatic heterocycles. The maximum Gasteiger partial charge on any atom is 0.306 e. The average Bonchev–Trinajstić information content (AvgIpc) is 3.24. The van der Waals surface area contributed by atoms with E-state index in [4.69, 9.17) is 14.2 Å². The minimum atomic E-state index is -0.807. The molecule has 1 atom stereocenters. The summed E-state index contributed by atoms with van der Waals surface area (Å²) >= 11 is 0. The zero-order chi connectivity index (χ0) is 43.7. The molecular formula is C54H90O6. The zero-order valence-corrected chi connectivity index (χ0v) is 38.9. The van der Waals surface area contributed by atoms with E-state index in [2.05, 4.69) is 57.2 Å². The second kappa shape index (κ2) is 48.3. The predicted octanol–water partition coefficient (Wildman–Crippen LogP) is 16.0. The summed E-state index contributed by atoms with van der Waals surface area (Å²) < 4.78 is 16.7. The first-order chi connectivity index (χ1) is 29.5. The highest BCUT2D eigenvalue weighted by molar-refractivity contribution is 5.71. The van der Waals surface area contributed by atoms with Gasteiger partial charge in [-0.3, -0.25) is 14.4 Å². The maximum absolute atomic E-state index is 12.8. The first-order valence-electron chi connectivity index (χ1n) is 24.7. The largest absolute Gasteiger partial charge is 0.462 e. The van der Waals surface area contributed by atoms with E-state index in [0.717, 1.165) is 96.3 Å². The number of ether oxygens (including phenoxy) is 3. The summed E-state index contributed by atoms with van der Waals surface area (Å²) in [4.78, 5) is 37.9. The summed E-state index contributed by atoms with van der Waals surface area (Å²) in [5.41, 5.74) is 0. The van der Waals surface area contributed by atoms with Crippen LogP contribution in [-0.4, -0.2) is 37.2 Å². The molecular weight excluding hydrogens is 745 g/mol. The summed E-state index contributed by atoms with van der Waals surface area (Å²) in [7, 11) is 0. The Labute approximate surface area is 369 Å². The fraction of sp³-hybridized carbons (Fsp3) is 0.685. The molecule has 0 aliphatic carbocycles. The highest BCUT2D eigenvalue weighted by Crippen LogP contribution is 2.13. The van der Waals surface area contributed by atoms with E-state index < -0.39 is 6.10 Å². The van der Waals surface area contributed by atoms with Gasteiger partial charge in [0.25, 0.3) is 0 Å². The molecule has 0 heterocycles. The Morgan fingerprint density at radius 1 is 0.350 bits per heavy atom. The second-order valence-electron chi connectivity index (χ2n) is 16.1. The molecule has 0 bridgehead atoms. The molecule has 0 saturated carbocycles. The van der Waals surface area contributed by atoms with E-state index in [1.165, 1.54) is 83.5 Å². The van der Waals surface area contributed by atoms with Crippen LogP contribution in [0.5, 0.6) is 0 Å². The maximum atomic E-state index is 12.8. The van der Waals surface area contributed by atoms with Crippen molar-refractivity contribution in [2.75, 3.05) is 13.2 Å². The highest BCUT2D eigenvalue weighted by atomic mass is 16.6. The Hall–Kier alpha value is -3.41. The molecule has 0 aromatic rings. The third-order valence-corrected chi connectivity index (χ3v) is 10.2. The topological polar surface area (TPSA) is 78.9 Å². The van der Waals surface area contributed by atoms with E-state index >= 15 is 0 Å². The normalized spacial score (nSPS) is 12.8. The number of carbonyl (C=O) groups is 3. The molecule has 0 aromatic heterocycles. The van der Waals surface area contributed by atoms with Crippen LogP contribution < -0.4 is 0 Å². The Morgan fingerprint density at radius 2 is 0.667 bits per heavy atom. The number of hydrogen-bond acceptors (Lipinski definition) is 6. The van der Waals surface area contributed by atoms with Crippen LogP contribution in [0.1, 0.15) is 220 Å². The SMILES string of the molecule is CC\C=C/C=C\C=C/C=C\C=C/CCCCCC(=O)OCC(COC(=O)CCCCC/C=C\CCCCCCCC)OC(=O)CCCCC/C=C\CCCCCCCCC. The molecule has 0 saturated heterocycles. The van der Waals surface area contributed by atoms with Crippen molar-refractivity contribution in [1.29, 1.82) is 0 Å². The lowest BCUT2D eigenvalue weighted by atomic mass is 10.1. The van der Waals surface area contributed by atoms with Crippen LogP contribution in [0, 0.1) is 0 Å². The summed E-state index contributed by atoms with van der Waals surface area (Å²) in [6.45, 7) is 6.41. The molecule has 60 heavy (non-hydrogen) atoms. The van der Waals surface area contributed by atoms with Crippen molar-refractivity contribution in [3.05, 3.63) is 85.1 Å². The number of allylic oxidation sites excluding steroid dienone is 14. The molecule has 6 heteroatoms. The van der Waals surface area contributed by atoms with Crippen molar-refractivity contribution in [3.63, 3.8) is 0 Å². The van der Waals surface area contributed by atoms with Gasteiger partial charge in [-0.15, -0.1) is 0 Å². The Kier molecular flexibility index (Phi) is 45.5. The standard InChI is InChI=1S/C54H90O6/c1-4-7-10-13-16-19-22-25-27-30-32-35-38-41-44-47-53(56)59-50-51(49-58-52(55)46-43-40-37-34-31-28-24-21-18-15-12-9-6-3)60-54(57)48-45-42-39-36-33-29-26-23-20-17-14-11-8-5-2/h7,10,13,16,19,22,25,27-33,51H,4-6,8-9,11-12,14-15,17-18,20-21,23-24,26,34-50H2,1-3H3/b10-7-,16-13-,22-19-,27-25-,31-28-,32-30-,33-29-. The van der Waals surface area contributed by atoms with Crippen LogP contribution in [-0.2, 0) is 28.6 Å². The van der Waals surface area contributed by atoms with E-state index in [1.807, 2.05) is 48.6 Å². The van der Waals surface area contributed by atoms with Gasteiger partial charge in [0.1, 0.15) is 13.2 Å². The van der Waals surface area contributed by atoms with Crippen LogP contribution in [0.15, 0.2) is 85.1 Å². The highest BCUT2D eigenvalue weighted by Gasteiger charge is 2.19. The fourth-order valence-corrected chi connectivity index (χ4v) is 6.51. The van der Waals surface area contributed by atoms with Crippen LogP contribution in [0.25, 0.3) is 0 Å². The van der Waals surface area contributed by atoms with Gasteiger partial charge in [-0.25, -0.2) is 0 Å². The second-order valence-corrected chi connectivity index (χ2v) is 16.1. The van der Waals surface area contributed by atoms with Gasteiger partial charge in [-0.05, 0) is 89.9 Å². The molecule has 0 rings (SSSR count). The predicted molar refractivity (Wildman–Crippen MR) is 256 cm³/mol. The van der Waals surface area contributed by atoms with Gasteiger partial charge in [0.05, 0.1) is 0 Å². The Balaban J connectivity index is 4.52. The molecule has 0 N–H and O–H groups in total. The molecule has 0 aromatic carbocycles. The van der Waals surface area contributed by atoms with Gasteiger partial charge >= 0.3 is 17.9 Å². The van der Waals surface area contributed by atoms with Crippen molar-refractivity contribution in [3.8, 4) is 0 Å². The van der Waals surface area contributed by atoms with E-state index in [-0.39, 0.29) is 31.1 Å². The zero-order valence-electron chi connectivity index (χ0n) is 38.9. The van der Waals surface area contributed by atoms with E-state index in [1.54, 1.807) is 0 Å². The Bertz CT molecular complexity index is 1190. The summed E-state index contributed by atoms with van der Waals surface area (Å²) in [5, 5.41) is 0. The smallest absolute Gasteiger partial charge is 0.306 e. The first kappa shape index (κ1) is 56.6. The Morgan fingerprint density at radius 3 is 1.07 bits per heavy atom. The fourth-order valence-electron chi connectivity index (χ4n) is 6.51. The van der Waals surface area contributed by atoms with Crippen molar-refractivity contribution in [2.24, 2.45) is 0 Å². The lowest BCUT2D eigenvalue weighted by Crippen LogP contribution is -2.30. The summed E-state index contributed by atoms with van der Waals surface area (Å²) in [5.74, 6) is -0.982. The van der Waals surface area contributed by atoms with Gasteiger partial charge < -0.3 is 14.2 Å². The van der Waals surface area contributed by atoms with Crippen LogP contribution in [0.3, 0.4) is 0 Å². The molecule has 0 radical (unpaired) electrons.